The smallest absolute Gasteiger partial charge is 0.416 e. The summed E-state index contributed by atoms with van der Waals surface area (Å²) in [5.41, 5.74) is 4.02. The van der Waals surface area contributed by atoms with Crippen LogP contribution in [0.1, 0.15) is 45.5 Å². The lowest BCUT2D eigenvalue weighted by molar-refractivity contribution is -0.143. The monoisotopic (exact) mass is 748 g/mol. The van der Waals surface area contributed by atoms with Crippen LogP contribution in [0.15, 0.2) is 78.9 Å². The number of primary amides is 1. The zero-order valence-corrected chi connectivity index (χ0v) is 28.5. The average Bonchev–Trinajstić information content (AvgIpc) is 3.12. The van der Waals surface area contributed by atoms with Crippen molar-refractivity contribution >= 4 is 17.8 Å². The van der Waals surface area contributed by atoms with E-state index in [2.05, 4.69) is 5.32 Å². The number of carbonyl (C=O) groups is 3. The molecular weight excluding hydrogens is 714 g/mol. The van der Waals surface area contributed by atoms with Gasteiger partial charge in [-0.25, -0.2) is 9.59 Å². The van der Waals surface area contributed by atoms with E-state index in [1.54, 1.807) is 36.4 Å². The lowest BCUT2D eigenvalue weighted by Gasteiger charge is -2.18. The first-order valence-electron chi connectivity index (χ1n) is 15.7. The summed E-state index contributed by atoms with van der Waals surface area (Å²) < 4.78 is 106. The van der Waals surface area contributed by atoms with Crippen LogP contribution in [0, 0.1) is 0 Å². The van der Waals surface area contributed by atoms with E-state index >= 15 is 0 Å². The number of amides is 1. The van der Waals surface area contributed by atoms with Crippen molar-refractivity contribution in [3.8, 4) is 34.1 Å². The molecule has 4 aromatic rings. The van der Waals surface area contributed by atoms with E-state index in [-0.39, 0.29) is 42.3 Å². The highest BCUT2D eigenvalue weighted by molar-refractivity contribution is 5.98. The zero-order chi connectivity index (χ0) is 38.9. The van der Waals surface area contributed by atoms with Gasteiger partial charge in [0.05, 0.1) is 38.0 Å². The summed E-state index contributed by atoms with van der Waals surface area (Å²) in [6, 6.07) is 15.6. The molecule has 0 bridgehead atoms. The summed E-state index contributed by atoms with van der Waals surface area (Å²) in [6.07, 6.45) is -10.2. The second-order valence-electron chi connectivity index (χ2n) is 11.5. The largest absolute Gasteiger partial charge is 0.493 e. The number of alkyl halides is 6. The first-order valence-corrected chi connectivity index (χ1v) is 15.7. The van der Waals surface area contributed by atoms with Gasteiger partial charge in [0.15, 0.2) is 11.5 Å². The molecule has 0 heterocycles. The average molecular weight is 749 g/mol. The molecule has 53 heavy (non-hydrogen) atoms. The van der Waals surface area contributed by atoms with Gasteiger partial charge in [-0.2, -0.15) is 26.3 Å². The summed E-state index contributed by atoms with van der Waals surface area (Å²) in [7, 11) is 4.35. The zero-order valence-electron chi connectivity index (χ0n) is 28.5. The van der Waals surface area contributed by atoms with Crippen molar-refractivity contribution in [1.82, 2.24) is 5.32 Å². The molecule has 0 unspecified atom stereocenters. The molecule has 0 aliphatic carbocycles. The predicted octanol–water partition coefficient (Wildman–Crippen LogP) is 7.10. The molecule has 0 spiro atoms. The quantitative estimate of drug-likeness (QED) is 0.0742. The second-order valence-corrected chi connectivity index (χ2v) is 11.5. The summed E-state index contributed by atoms with van der Waals surface area (Å²) in [4.78, 5) is 37.4. The molecule has 0 saturated carbocycles. The first-order chi connectivity index (χ1) is 25.0. The van der Waals surface area contributed by atoms with E-state index < -0.39 is 54.0 Å². The molecule has 0 radical (unpaired) electrons. The lowest BCUT2D eigenvalue weighted by atomic mass is 10.0. The van der Waals surface area contributed by atoms with Gasteiger partial charge in [0, 0.05) is 13.0 Å². The van der Waals surface area contributed by atoms with Crippen LogP contribution in [0.4, 0.5) is 26.3 Å². The molecule has 0 aliphatic rings. The Bertz CT molecular complexity index is 1860. The fourth-order valence-electron chi connectivity index (χ4n) is 5.10. The molecular formula is C37H34F6N2O8. The topological polar surface area (TPSA) is 135 Å². The number of esters is 2. The molecule has 10 nitrogen and oxygen atoms in total. The summed E-state index contributed by atoms with van der Waals surface area (Å²) in [5, 5.41) is 2.97. The number of hydrogen-bond acceptors (Lipinski definition) is 9. The third-order valence-corrected chi connectivity index (χ3v) is 7.80. The number of nitrogens with one attached hydrogen (secondary N) is 1. The van der Waals surface area contributed by atoms with Gasteiger partial charge < -0.3 is 34.7 Å². The number of methoxy groups -OCH3 is 3. The van der Waals surface area contributed by atoms with E-state index in [9.17, 15) is 40.7 Å². The van der Waals surface area contributed by atoms with Gasteiger partial charge in [0.2, 0.25) is 11.7 Å². The highest BCUT2D eigenvalue weighted by Gasteiger charge is 2.37. The third kappa shape index (κ3) is 10.9. The minimum Gasteiger partial charge on any atom is -0.493 e. The van der Waals surface area contributed by atoms with E-state index in [4.69, 9.17) is 29.4 Å². The standard InChI is InChI=1S/C37H34F6N2O8/c1-49-30-16-21(17-31(50-2)33(30)51-3)19-45-29(12-13-32(44)46)35(48)53-34(47)25-6-4-23(5-7-25)24-8-10-28(11-9-24)52-20-22-14-26(36(38,39)40)18-27(15-22)37(41,42)43/h4-11,14-18,29,45H,12-13,19-20H2,1-3H3,(H2,44,46)/t29-/m0/s1. The van der Waals surface area contributed by atoms with Crippen molar-refractivity contribution in [3.63, 3.8) is 0 Å². The van der Waals surface area contributed by atoms with E-state index in [0.29, 0.717) is 46.1 Å². The fourth-order valence-corrected chi connectivity index (χ4v) is 5.10. The van der Waals surface area contributed by atoms with Gasteiger partial charge >= 0.3 is 24.3 Å². The van der Waals surface area contributed by atoms with Gasteiger partial charge in [-0.15, -0.1) is 0 Å². The molecule has 3 N–H and O–H groups in total. The maximum atomic E-state index is 13.2. The summed E-state index contributed by atoms with van der Waals surface area (Å²) in [5.74, 6) is -1.24. The minimum absolute atomic E-state index is 0.0413. The molecule has 4 aromatic carbocycles. The van der Waals surface area contributed by atoms with Gasteiger partial charge in [-0.05, 0) is 83.3 Å². The Morgan fingerprint density at radius 1 is 0.717 bits per heavy atom. The minimum atomic E-state index is -4.98. The fraction of sp³-hybridized carbons (Fsp3) is 0.270. The summed E-state index contributed by atoms with van der Waals surface area (Å²) >= 11 is 0. The van der Waals surface area contributed by atoms with Gasteiger partial charge in [-0.3, -0.25) is 4.79 Å². The van der Waals surface area contributed by atoms with E-state index in [0.717, 1.165) is 0 Å². The predicted molar refractivity (Wildman–Crippen MR) is 178 cm³/mol. The van der Waals surface area contributed by atoms with Gasteiger partial charge in [-0.1, -0.05) is 24.3 Å². The Kier molecular flexibility index (Phi) is 13.0. The maximum Gasteiger partial charge on any atom is 0.416 e. The highest BCUT2D eigenvalue weighted by Crippen LogP contribution is 2.39. The molecule has 4 rings (SSSR count). The molecule has 282 valence electrons. The number of carbonyl (C=O) groups excluding carboxylic acids is 3. The number of halogens is 6. The van der Waals surface area contributed by atoms with E-state index in [1.807, 2.05) is 0 Å². The molecule has 0 aromatic heterocycles. The Balaban J connectivity index is 1.39. The van der Waals surface area contributed by atoms with Crippen LogP contribution in [0.25, 0.3) is 11.1 Å². The maximum absolute atomic E-state index is 13.2. The van der Waals surface area contributed by atoms with Gasteiger partial charge in [0.1, 0.15) is 18.4 Å². The van der Waals surface area contributed by atoms with Crippen LogP contribution >= 0.6 is 0 Å². The molecule has 0 aliphatic heterocycles. The summed E-state index contributed by atoms with van der Waals surface area (Å²) in [6.45, 7) is -0.460. The van der Waals surface area contributed by atoms with Crippen molar-refractivity contribution in [2.45, 2.75) is 44.4 Å². The number of hydrogen-bond donors (Lipinski definition) is 2. The van der Waals surface area contributed by atoms with Crippen molar-refractivity contribution in [2.75, 3.05) is 21.3 Å². The molecule has 0 saturated heterocycles. The Morgan fingerprint density at radius 3 is 1.72 bits per heavy atom. The number of benzene rings is 4. The van der Waals surface area contributed by atoms with Crippen molar-refractivity contribution < 1.29 is 64.4 Å². The lowest BCUT2D eigenvalue weighted by Crippen LogP contribution is -2.39. The molecule has 1 atom stereocenters. The Labute approximate surface area is 299 Å². The normalized spacial score (nSPS) is 12.1. The molecule has 16 heteroatoms. The van der Waals surface area contributed by atoms with E-state index in [1.165, 1.54) is 45.6 Å². The van der Waals surface area contributed by atoms with Crippen LogP contribution < -0.4 is 30.0 Å². The first kappa shape index (κ1) is 40.0. The Hall–Kier alpha value is -5.77. The van der Waals surface area contributed by atoms with Crippen LogP contribution in [-0.2, 0) is 39.8 Å². The van der Waals surface area contributed by atoms with Crippen LogP contribution in [0.2, 0.25) is 0 Å². The number of rotatable bonds is 15. The van der Waals surface area contributed by atoms with Gasteiger partial charge in [0.25, 0.3) is 0 Å². The second kappa shape index (κ2) is 17.2. The van der Waals surface area contributed by atoms with Crippen molar-refractivity contribution in [2.24, 2.45) is 5.73 Å². The SMILES string of the molecule is COc1cc(CN[C@@H](CCC(N)=O)C(=O)OC(=O)c2ccc(-c3ccc(OCc4cc(C(F)(F)F)cc(C(F)(F)F)c4)cc3)cc2)cc(OC)c1OC. The Morgan fingerprint density at radius 2 is 1.25 bits per heavy atom. The third-order valence-electron chi connectivity index (χ3n) is 7.80. The molecule has 1 amide bonds. The molecule has 0 fully saturated rings. The van der Waals surface area contributed by atoms with Crippen LogP contribution in [0.5, 0.6) is 23.0 Å². The highest BCUT2D eigenvalue weighted by atomic mass is 19.4. The van der Waals surface area contributed by atoms with Crippen molar-refractivity contribution in [3.05, 3.63) is 107 Å². The van der Waals surface area contributed by atoms with Crippen LogP contribution in [0.3, 0.4) is 0 Å². The number of ether oxygens (including phenoxy) is 5. The van der Waals surface area contributed by atoms with Crippen LogP contribution in [-0.4, -0.2) is 45.2 Å². The number of nitrogens with two attached hydrogens (primary N) is 1. The van der Waals surface area contributed by atoms with Crippen molar-refractivity contribution in [1.29, 1.82) is 0 Å².